The normalized spacial score (nSPS) is 12.2. The van der Waals surface area contributed by atoms with Crippen molar-refractivity contribution in [3.05, 3.63) is 64.5 Å². The maximum absolute atomic E-state index is 13.7. The quantitative estimate of drug-likeness (QED) is 0.142. The molecule has 0 saturated carbocycles. The summed E-state index contributed by atoms with van der Waals surface area (Å²) < 4.78 is 7.33. The number of aromatic nitrogens is 1. The first-order chi connectivity index (χ1) is 19.4. The molecule has 0 radical (unpaired) electrons. The summed E-state index contributed by atoms with van der Waals surface area (Å²) in [5.74, 6) is 0.0592. The summed E-state index contributed by atoms with van der Waals surface area (Å²) in [6, 6.07) is 7.94. The number of nitrogens with zero attached hydrogens (tertiary/aromatic N) is 2. The number of aryl methyl sites for hydroxylation is 1. The monoisotopic (exact) mass is 552 g/mol. The lowest BCUT2D eigenvalue weighted by Gasteiger charge is -2.23. The molecule has 1 heterocycles. The minimum absolute atomic E-state index is 0.0385. The first-order valence-electron chi connectivity index (χ1n) is 15.3. The lowest BCUT2D eigenvalue weighted by atomic mass is 9.98. The van der Waals surface area contributed by atoms with Crippen LogP contribution in [0.1, 0.15) is 111 Å². The Hall–Kier alpha value is -2.70. The van der Waals surface area contributed by atoms with Crippen molar-refractivity contribution in [3.8, 4) is 0 Å². The molecule has 0 saturated heterocycles. The van der Waals surface area contributed by atoms with Gasteiger partial charge in [-0.3, -0.25) is 9.59 Å². The highest BCUT2D eigenvalue weighted by atomic mass is 16.5. The zero-order chi connectivity index (χ0) is 29.3. The van der Waals surface area contributed by atoms with E-state index in [9.17, 15) is 9.59 Å². The van der Waals surface area contributed by atoms with Crippen molar-refractivity contribution in [2.45, 2.75) is 105 Å². The highest BCUT2D eigenvalue weighted by molar-refractivity contribution is 6.11. The highest BCUT2D eigenvalue weighted by Crippen LogP contribution is 2.24. The van der Waals surface area contributed by atoms with Crippen LogP contribution in [0.4, 0.5) is 0 Å². The zero-order valence-corrected chi connectivity index (χ0v) is 25.6. The molecule has 0 aliphatic carbocycles. The molecule has 1 amide bonds. The van der Waals surface area contributed by atoms with E-state index in [1.54, 1.807) is 7.11 Å². The van der Waals surface area contributed by atoms with E-state index in [0.717, 1.165) is 88.6 Å². The van der Waals surface area contributed by atoms with E-state index in [1.165, 1.54) is 5.56 Å². The molecule has 0 fully saturated rings. The average Bonchev–Trinajstić information content (AvgIpc) is 3.27. The summed E-state index contributed by atoms with van der Waals surface area (Å²) in [5, 5.41) is 8.91. The number of carbonyl (C=O) groups excluding carboxylic acids is 2. The number of hydrogen-bond acceptors (Lipinski definition) is 4. The predicted octanol–water partition coefficient (Wildman–Crippen LogP) is 6.99. The van der Waals surface area contributed by atoms with E-state index >= 15 is 0 Å². The standard InChI is InChI=1S/C34H52N2O4/c1-6-8-22-35(23-9-7-2)33(38)26-36-25-32(31(28(36)4)21-16-27(3)40-5)34(39)30-19-17-29(18-20-30)15-13-11-10-12-14-24-37/h16-21,25,27,37H,6-15,22-24,26H2,1-5H3/b21-16-. The number of amides is 1. The van der Waals surface area contributed by atoms with E-state index in [0.29, 0.717) is 11.1 Å². The molecular weight excluding hydrogens is 500 g/mol. The minimum Gasteiger partial charge on any atom is -0.396 e. The van der Waals surface area contributed by atoms with Crippen LogP contribution in [0.5, 0.6) is 0 Å². The molecule has 0 aliphatic rings. The van der Waals surface area contributed by atoms with Crippen molar-refractivity contribution < 1.29 is 19.4 Å². The minimum atomic E-state index is -0.0890. The number of aliphatic hydroxyl groups excluding tert-OH is 1. The van der Waals surface area contributed by atoms with Gasteiger partial charge < -0.3 is 19.3 Å². The van der Waals surface area contributed by atoms with Crippen molar-refractivity contribution >= 4 is 17.8 Å². The fourth-order valence-electron chi connectivity index (χ4n) is 4.79. The van der Waals surface area contributed by atoms with Gasteiger partial charge in [-0.25, -0.2) is 0 Å². The first kappa shape index (κ1) is 33.5. The molecular formula is C34H52N2O4. The third-order valence-electron chi connectivity index (χ3n) is 7.61. The average molecular weight is 553 g/mol. The molecule has 0 bridgehead atoms. The van der Waals surface area contributed by atoms with E-state index in [2.05, 4.69) is 26.0 Å². The lowest BCUT2D eigenvalue weighted by molar-refractivity contribution is -0.132. The number of carbonyl (C=O) groups is 2. The highest BCUT2D eigenvalue weighted by Gasteiger charge is 2.21. The van der Waals surface area contributed by atoms with Crippen LogP contribution >= 0.6 is 0 Å². The Labute approximate surface area is 242 Å². The molecule has 1 N–H and O–H groups in total. The Kier molecular flexibility index (Phi) is 15.6. The molecule has 2 aromatic rings. The number of benzene rings is 1. The maximum Gasteiger partial charge on any atom is 0.242 e. The third kappa shape index (κ3) is 10.7. The largest absolute Gasteiger partial charge is 0.396 e. The van der Waals surface area contributed by atoms with Gasteiger partial charge in [0.1, 0.15) is 6.54 Å². The van der Waals surface area contributed by atoms with Gasteiger partial charge in [0.25, 0.3) is 0 Å². The molecule has 1 unspecified atom stereocenters. The Morgan fingerprint density at radius 2 is 1.60 bits per heavy atom. The Morgan fingerprint density at radius 1 is 0.975 bits per heavy atom. The van der Waals surface area contributed by atoms with E-state index in [-0.39, 0.29) is 30.9 Å². The maximum atomic E-state index is 13.7. The summed E-state index contributed by atoms with van der Waals surface area (Å²) in [6.45, 7) is 10.3. The number of unbranched alkanes of at least 4 members (excludes halogenated alkanes) is 6. The van der Waals surface area contributed by atoms with Crippen molar-refractivity contribution in [3.63, 3.8) is 0 Å². The van der Waals surface area contributed by atoms with Crippen molar-refractivity contribution in [1.29, 1.82) is 0 Å². The van der Waals surface area contributed by atoms with E-state index in [4.69, 9.17) is 9.84 Å². The van der Waals surface area contributed by atoms with Crippen LogP contribution in [0.25, 0.3) is 6.08 Å². The first-order valence-corrected chi connectivity index (χ1v) is 15.3. The van der Waals surface area contributed by atoms with Gasteiger partial charge in [0, 0.05) is 55.4 Å². The summed E-state index contributed by atoms with van der Waals surface area (Å²) in [5.41, 5.74) is 4.22. The molecule has 0 aliphatic heterocycles. The predicted molar refractivity (Wildman–Crippen MR) is 165 cm³/mol. The number of methoxy groups -OCH3 is 1. The summed E-state index contributed by atoms with van der Waals surface area (Å²) >= 11 is 0. The fraction of sp³-hybridized carbons (Fsp3) is 0.588. The lowest BCUT2D eigenvalue weighted by Crippen LogP contribution is -2.35. The zero-order valence-electron chi connectivity index (χ0n) is 25.6. The second-order valence-corrected chi connectivity index (χ2v) is 10.8. The molecule has 222 valence electrons. The molecule has 1 aromatic heterocycles. The van der Waals surface area contributed by atoms with Crippen molar-refractivity contribution in [2.75, 3.05) is 26.8 Å². The van der Waals surface area contributed by atoms with Crippen molar-refractivity contribution in [1.82, 2.24) is 9.47 Å². The Bertz CT molecular complexity index is 1050. The Morgan fingerprint density at radius 3 is 2.20 bits per heavy atom. The topological polar surface area (TPSA) is 71.8 Å². The van der Waals surface area contributed by atoms with Crippen LogP contribution < -0.4 is 0 Å². The van der Waals surface area contributed by atoms with Gasteiger partial charge in [0.15, 0.2) is 5.78 Å². The number of hydrogen-bond donors (Lipinski definition) is 1. The molecule has 2 rings (SSSR count). The van der Waals surface area contributed by atoms with Gasteiger partial charge in [-0.15, -0.1) is 0 Å². The number of rotatable bonds is 20. The summed E-state index contributed by atoms with van der Waals surface area (Å²) in [4.78, 5) is 29.0. The smallest absolute Gasteiger partial charge is 0.242 e. The molecule has 0 spiro atoms. The number of ether oxygens (including phenoxy) is 1. The molecule has 6 heteroatoms. The summed E-state index contributed by atoms with van der Waals surface area (Å²) in [7, 11) is 1.66. The van der Waals surface area contributed by atoms with Gasteiger partial charge in [0.2, 0.25) is 5.91 Å². The van der Waals surface area contributed by atoms with Crippen LogP contribution in [0, 0.1) is 6.92 Å². The molecule has 40 heavy (non-hydrogen) atoms. The molecule has 1 aromatic carbocycles. The van der Waals surface area contributed by atoms with Gasteiger partial charge in [-0.1, -0.05) is 82.4 Å². The van der Waals surface area contributed by atoms with E-state index < -0.39 is 0 Å². The fourth-order valence-corrected chi connectivity index (χ4v) is 4.79. The van der Waals surface area contributed by atoms with Gasteiger partial charge in [0.05, 0.1) is 6.10 Å². The van der Waals surface area contributed by atoms with Gasteiger partial charge in [-0.05, 0) is 51.5 Å². The Balaban J connectivity index is 2.25. The SMILES string of the molecule is CCCCN(CCCC)C(=O)Cn1cc(C(=O)c2ccc(CCCCCCCO)cc2)c(/C=C\C(C)OC)c1C. The van der Waals surface area contributed by atoms with E-state index in [1.807, 2.05) is 53.8 Å². The number of aliphatic hydroxyl groups is 1. The molecule has 1 atom stereocenters. The van der Waals surface area contributed by atoms with Gasteiger partial charge in [-0.2, -0.15) is 0 Å². The van der Waals surface area contributed by atoms with Crippen molar-refractivity contribution in [2.24, 2.45) is 0 Å². The number of ketones is 1. The van der Waals surface area contributed by atoms with Crippen LogP contribution in [0.2, 0.25) is 0 Å². The van der Waals surface area contributed by atoms with Crippen LogP contribution in [-0.2, 0) is 22.5 Å². The van der Waals surface area contributed by atoms with Crippen LogP contribution in [0.3, 0.4) is 0 Å². The summed E-state index contributed by atoms with van der Waals surface area (Å²) in [6.07, 6.45) is 16.1. The second-order valence-electron chi connectivity index (χ2n) is 10.8. The third-order valence-corrected chi connectivity index (χ3v) is 7.61. The van der Waals surface area contributed by atoms with Crippen LogP contribution in [-0.4, -0.2) is 59.2 Å². The van der Waals surface area contributed by atoms with Gasteiger partial charge >= 0.3 is 0 Å². The van der Waals surface area contributed by atoms with Crippen LogP contribution in [0.15, 0.2) is 36.5 Å². The molecule has 6 nitrogen and oxygen atoms in total. The second kappa shape index (κ2) is 18.6.